The quantitative estimate of drug-likeness (QED) is 0.662. The van der Waals surface area contributed by atoms with Gasteiger partial charge < -0.3 is 10.1 Å². The highest BCUT2D eigenvalue weighted by Gasteiger charge is 2.52. The average molecular weight is 373 g/mol. The van der Waals surface area contributed by atoms with E-state index in [4.69, 9.17) is 4.74 Å². The molecule has 1 rings (SSSR count). The zero-order valence-corrected chi connectivity index (χ0v) is 15.4. The molecular formula is C19H26F3NO3. The molecule has 1 aromatic carbocycles. The van der Waals surface area contributed by atoms with Gasteiger partial charge in [-0.05, 0) is 18.4 Å². The molecule has 0 aliphatic carbocycles. The Labute approximate surface area is 152 Å². The second-order valence-corrected chi connectivity index (χ2v) is 6.70. The minimum Gasteiger partial charge on any atom is -0.452 e. The third-order valence-corrected chi connectivity index (χ3v) is 4.08. The van der Waals surface area contributed by atoms with Crippen LogP contribution in [-0.4, -0.2) is 30.7 Å². The Morgan fingerprint density at radius 2 is 1.73 bits per heavy atom. The van der Waals surface area contributed by atoms with E-state index in [1.54, 1.807) is 30.3 Å². The molecule has 1 atom stereocenters. The summed E-state index contributed by atoms with van der Waals surface area (Å²) in [4.78, 5) is 23.4. The van der Waals surface area contributed by atoms with Crippen LogP contribution in [0.2, 0.25) is 0 Å². The summed E-state index contributed by atoms with van der Waals surface area (Å²) in [6.07, 6.45) is -6.20. The molecule has 0 saturated heterocycles. The molecule has 0 radical (unpaired) electrons. The summed E-state index contributed by atoms with van der Waals surface area (Å²) in [6, 6.07) is 8.13. The number of ether oxygens (including phenoxy) is 1. The van der Waals surface area contributed by atoms with E-state index in [1.165, 1.54) is 13.8 Å². The maximum absolute atomic E-state index is 13.5. The van der Waals surface area contributed by atoms with Crippen molar-refractivity contribution in [1.82, 2.24) is 5.32 Å². The average Bonchev–Trinajstić information content (AvgIpc) is 2.57. The van der Waals surface area contributed by atoms with Crippen LogP contribution in [0.3, 0.4) is 0 Å². The van der Waals surface area contributed by atoms with E-state index in [0.717, 1.165) is 6.42 Å². The van der Waals surface area contributed by atoms with E-state index in [0.29, 0.717) is 12.1 Å². The molecule has 0 fully saturated rings. The summed E-state index contributed by atoms with van der Waals surface area (Å²) in [6.45, 7) is 5.23. The first kappa shape index (κ1) is 22.0. The molecule has 146 valence electrons. The summed E-state index contributed by atoms with van der Waals surface area (Å²) < 4.78 is 45.3. The molecular weight excluding hydrogens is 347 g/mol. The van der Waals surface area contributed by atoms with Crippen LogP contribution >= 0.6 is 0 Å². The fraction of sp³-hybridized carbons (Fsp3) is 0.579. The lowest BCUT2D eigenvalue weighted by Crippen LogP contribution is -2.47. The molecule has 1 amide bonds. The number of hydrogen-bond donors (Lipinski definition) is 1. The van der Waals surface area contributed by atoms with Gasteiger partial charge in [0, 0.05) is 24.8 Å². The molecule has 0 spiro atoms. The zero-order valence-electron chi connectivity index (χ0n) is 15.4. The number of halogens is 3. The van der Waals surface area contributed by atoms with Crippen molar-refractivity contribution in [3.8, 4) is 0 Å². The second-order valence-electron chi connectivity index (χ2n) is 6.70. The van der Waals surface area contributed by atoms with Crippen molar-refractivity contribution in [2.75, 3.05) is 6.54 Å². The highest BCUT2D eigenvalue weighted by Crippen LogP contribution is 2.39. The van der Waals surface area contributed by atoms with Crippen LogP contribution in [0.25, 0.3) is 0 Å². The van der Waals surface area contributed by atoms with Crippen LogP contribution in [0.4, 0.5) is 13.2 Å². The number of benzene rings is 1. The number of alkyl halides is 3. The second kappa shape index (κ2) is 9.59. The van der Waals surface area contributed by atoms with Crippen molar-refractivity contribution >= 4 is 11.9 Å². The van der Waals surface area contributed by atoms with Crippen LogP contribution in [0, 0.1) is 0 Å². The lowest BCUT2D eigenvalue weighted by atomic mass is 9.79. The molecule has 0 heterocycles. The fourth-order valence-corrected chi connectivity index (χ4v) is 2.58. The van der Waals surface area contributed by atoms with Crippen molar-refractivity contribution < 1.29 is 27.5 Å². The first-order valence-electron chi connectivity index (χ1n) is 8.67. The SMILES string of the molecule is CCCNC(=O)CCCC(=O)O[C@H](C(F)(F)F)C(C)(C)c1ccccc1. The molecule has 4 nitrogen and oxygen atoms in total. The van der Waals surface area contributed by atoms with Gasteiger partial charge in [-0.3, -0.25) is 9.59 Å². The van der Waals surface area contributed by atoms with Gasteiger partial charge >= 0.3 is 12.1 Å². The summed E-state index contributed by atoms with van der Waals surface area (Å²) in [5.41, 5.74) is -1.01. The van der Waals surface area contributed by atoms with Gasteiger partial charge in [-0.15, -0.1) is 0 Å². The van der Waals surface area contributed by atoms with E-state index in [9.17, 15) is 22.8 Å². The lowest BCUT2D eigenvalue weighted by Gasteiger charge is -2.35. The first-order valence-corrected chi connectivity index (χ1v) is 8.67. The largest absolute Gasteiger partial charge is 0.452 e. The number of amides is 1. The van der Waals surface area contributed by atoms with Gasteiger partial charge in [-0.2, -0.15) is 13.2 Å². The molecule has 0 bridgehead atoms. The van der Waals surface area contributed by atoms with Gasteiger partial charge in [0.25, 0.3) is 0 Å². The Morgan fingerprint density at radius 3 is 2.27 bits per heavy atom. The van der Waals surface area contributed by atoms with Gasteiger partial charge in [0.15, 0.2) is 0 Å². The van der Waals surface area contributed by atoms with Gasteiger partial charge in [0.05, 0.1) is 0 Å². The fourth-order valence-electron chi connectivity index (χ4n) is 2.58. The van der Waals surface area contributed by atoms with Gasteiger partial charge in [-0.25, -0.2) is 0 Å². The van der Waals surface area contributed by atoms with Crippen LogP contribution in [0.15, 0.2) is 30.3 Å². The maximum atomic E-state index is 13.5. The van der Waals surface area contributed by atoms with Crippen molar-refractivity contribution in [1.29, 1.82) is 0 Å². The molecule has 0 aliphatic heterocycles. The molecule has 1 N–H and O–H groups in total. The molecule has 0 aliphatic rings. The van der Waals surface area contributed by atoms with Gasteiger partial charge in [0.1, 0.15) is 0 Å². The minimum atomic E-state index is -4.70. The van der Waals surface area contributed by atoms with E-state index in [-0.39, 0.29) is 25.2 Å². The van der Waals surface area contributed by atoms with Crippen molar-refractivity contribution in [2.24, 2.45) is 0 Å². The summed E-state index contributed by atoms with van der Waals surface area (Å²) >= 11 is 0. The molecule has 26 heavy (non-hydrogen) atoms. The van der Waals surface area contributed by atoms with Gasteiger partial charge in [0.2, 0.25) is 12.0 Å². The van der Waals surface area contributed by atoms with E-state index >= 15 is 0 Å². The van der Waals surface area contributed by atoms with Crippen LogP contribution in [0.5, 0.6) is 0 Å². The standard InChI is InChI=1S/C19H26F3NO3/c1-4-13-23-15(24)11-8-12-16(25)26-17(19(20,21)22)18(2,3)14-9-6-5-7-10-14/h5-7,9-10,17H,4,8,11-13H2,1-3H3,(H,23,24)/t17-/m0/s1. The monoisotopic (exact) mass is 373 g/mol. The van der Waals surface area contributed by atoms with Gasteiger partial charge in [-0.1, -0.05) is 51.1 Å². The summed E-state index contributed by atoms with van der Waals surface area (Å²) in [5, 5.41) is 2.65. The number of rotatable bonds is 9. The predicted molar refractivity (Wildman–Crippen MR) is 92.6 cm³/mol. The van der Waals surface area contributed by atoms with E-state index in [2.05, 4.69) is 5.32 Å². The summed E-state index contributed by atoms with van der Waals surface area (Å²) in [5.74, 6) is -1.18. The Morgan fingerprint density at radius 1 is 1.12 bits per heavy atom. The number of esters is 1. The minimum absolute atomic E-state index is 0.0772. The smallest absolute Gasteiger partial charge is 0.426 e. The Kier molecular flexibility index (Phi) is 8.11. The zero-order chi connectivity index (χ0) is 19.8. The topological polar surface area (TPSA) is 55.4 Å². The third kappa shape index (κ3) is 6.69. The Balaban J connectivity index is 2.71. The molecule has 1 aromatic rings. The number of nitrogens with one attached hydrogen (secondary N) is 1. The third-order valence-electron chi connectivity index (χ3n) is 4.08. The number of carbonyl (C=O) groups is 2. The highest BCUT2D eigenvalue weighted by molar-refractivity contribution is 5.77. The van der Waals surface area contributed by atoms with Crippen LogP contribution in [-0.2, 0) is 19.7 Å². The summed E-state index contributed by atoms with van der Waals surface area (Å²) in [7, 11) is 0. The van der Waals surface area contributed by atoms with Crippen molar-refractivity contribution in [3.05, 3.63) is 35.9 Å². The molecule has 0 unspecified atom stereocenters. The molecule has 7 heteroatoms. The van der Waals surface area contributed by atoms with Crippen LogP contribution < -0.4 is 5.32 Å². The van der Waals surface area contributed by atoms with Crippen molar-refractivity contribution in [2.45, 2.75) is 64.1 Å². The highest BCUT2D eigenvalue weighted by atomic mass is 19.4. The van der Waals surface area contributed by atoms with Crippen molar-refractivity contribution in [3.63, 3.8) is 0 Å². The Hall–Kier alpha value is -2.05. The Bertz CT molecular complexity index is 585. The van der Waals surface area contributed by atoms with Crippen LogP contribution in [0.1, 0.15) is 52.0 Å². The van der Waals surface area contributed by atoms with E-state index < -0.39 is 23.7 Å². The lowest BCUT2D eigenvalue weighted by molar-refractivity contribution is -0.236. The maximum Gasteiger partial charge on any atom is 0.426 e. The number of hydrogen-bond acceptors (Lipinski definition) is 3. The first-order chi connectivity index (χ1) is 12.1. The van der Waals surface area contributed by atoms with E-state index in [1.807, 2.05) is 6.92 Å². The molecule has 0 aromatic heterocycles. The predicted octanol–water partition coefficient (Wildman–Crippen LogP) is 4.13. The number of carbonyl (C=O) groups excluding carboxylic acids is 2. The molecule has 0 saturated carbocycles. The normalized spacial score (nSPS) is 13.2.